The third-order valence-corrected chi connectivity index (χ3v) is 2.33. The molecule has 92 valence electrons. The molecular formula is C10H15N5O2. The number of aromatic nitrogens is 4. The Morgan fingerprint density at radius 1 is 1.53 bits per heavy atom. The molecule has 7 heteroatoms. The quantitative estimate of drug-likeness (QED) is 0.802. The molecule has 0 saturated carbocycles. The summed E-state index contributed by atoms with van der Waals surface area (Å²) in [5.74, 6) is 1.73. The maximum Gasteiger partial charge on any atom is 0.278 e. The van der Waals surface area contributed by atoms with Gasteiger partial charge in [0.15, 0.2) is 11.5 Å². The lowest BCUT2D eigenvalue weighted by molar-refractivity contribution is 0.373. The van der Waals surface area contributed by atoms with Gasteiger partial charge in [0.25, 0.3) is 5.89 Å². The average molecular weight is 237 g/mol. The van der Waals surface area contributed by atoms with Crippen molar-refractivity contribution in [2.45, 2.75) is 6.42 Å². The van der Waals surface area contributed by atoms with E-state index in [9.17, 15) is 0 Å². The van der Waals surface area contributed by atoms with Crippen molar-refractivity contribution < 1.29 is 9.26 Å². The Morgan fingerprint density at radius 3 is 3.00 bits per heavy atom. The molecular weight excluding hydrogens is 222 g/mol. The summed E-state index contributed by atoms with van der Waals surface area (Å²) in [5.41, 5.74) is 0.618. The normalized spacial score (nSPS) is 10.8. The molecule has 0 aliphatic rings. The van der Waals surface area contributed by atoms with Gasteiger partial charge in [0.05, 0.1) is 7.11 Å². The molecule has 17 heavy (non-hydrogen) atoms. The van der Waals surface area contributed by atoms with Crippen LogP contribution in [0.5, 0.6) is 5.88 Å². The zero-order chi connectivity index (χ0) is 12.3. The fourth-order valence-corrected chi connectivity index (χ4v) is 1.44. The highest BCUT2D eigenvalue weighted by molar-refractivity contribution is 5.48. The number of rotatable bonds is 5. The van der Waals surface area contributed by atoms with Crippen LogP contribution in [-0.4, -0.2) is 40.6 Å². The molecule has 0 saturated heterocycles. The largest absolute Gasteiger partial charge is 0.481 e. The predicted molar refractivity (Wildman–Crippen MR) is 60.7 cm³/mol. The maximum absolute atomic E-state index is 5.14. The third-order valence-electron chi connectivity index (χ3n) is 2.33. The van der Waals surface area contributed by atoms with Gasteiger partial charge in [-0.05, 0) is 7.05 Å². The highest BCUT2D eigenvalue weighted by atomic mass is 16.5. The minimum absolute atomic E-state index is 0.412. The molecule has 2 aromatic rings. The van der Waals surface area contributed by atoms with Crippen molar-refractivity contribution in [1.82, 2.24) is 25.2 Å². The van der Waals surface area contributed by atoms with Gasteiger partial charge < -0.3 is 14.6 Å². The first-order chi connectivity index (χ1) is 8.24. The highest BCUT2D eigenvalue weighted by Crippen LogP contribution is 2.20. The van der Waals surface area contributed by atoms with Crippen LogP contribution in [0.2, 0.25) is 0 Å². The van der Waals surface area contributed by atoms with Crippen molar-refractivity contribution >= 4 is 0 Å². The van der Waals surface area contributed by atoms with Crippen LogP contribution >= 0.6 is 0 Å². The van der Waals surface area contributed by atoms with Crippen molar-refractivity contribution in [2.75, 3.05) is 20.7 Å². The molecule has 1 N–H and O–H groups in total. The Balaban J connectivity index is 2.18. The van der Waals surface area contributed by atoms with Gasteiger partial charge >= 0.3 is 0 Å². The van der Waals surface area contributed by atoms with Crippen LogP contribution < -0.4 is 10.1 Å². The molecule has 0 unspecified atom stereocenters. The van der Waals surface area contributed by atoms with Crippen LogP contribution in [0, 0.1) is 0 Å². The van der Waals surface area contributed by atoms with Crippen molar-refractivity contribution in [3.8, 4) is 17.5 Å². The highest BCUT2D eigenvalue weighted by Gasteiger charge is 2.14. The van der Waals surface area contributed by atoms with Gasteiger partial charge in [0, 0.05) is 26.1 Å². The number of ether oxygens (including phenoxy) is 1. The molecule has 7 nitrogen and oxygen atoms in total. The molecule has 2 rings (SSSR count). The third kappa shape index (κ3) is 2.44. The van der Waals surface area contributed by atoms with Crippen molar-refractivity contribution in [1.29, 1.82) is 0 Å². The molecule has 0 radical (unpaired) electrons. The monoisotopic (exact) mass is 237 g/mol. The number of hydrogen-bond acceptors (Lipinski definition) is 6. The van der Waals surface area contributed by atoms with E-state index in [0.717, 1.165) is 13.0 Å². The van der Waals surface area contributed by atoms with Gasteiger partial charge in [-0.15, -0.1) is 0 Å². The van der Waals surface area contributed by atoms with E-state index < -0.39 is 0 Å². The summed E-state index contributed by atoms with van der Waals surface area (Å²) < 4.78 is 11.9. The fourth-order valence-electron chi connectivity index (χ4n) is 1.44. The lowest BCUT2D eigenvalue weighted by atomic mass is 10.4. The molecule has 0 aliphatic carbocycles. The second-order valence-corrected chi connectivity index (χ2v) is 3.56. The first-order valence-electron chi connectivity index (χ1n) is 5.30. The SMILES string of the molecule is CNCCc1noc(-c2cc(OC)n(C)n2)n1. The Bertz CT molecular complexity index is 491. The average Bonchev–Trinajstić information content (AvgIpc) is 2.92. The first kappa shape index (κ1) is 11.6. The van der Waals surface area contributed by atoms with Gasteiger partial charge in [0.1, 0.15) is 0 Å². The number of aryl methyl sites for hydroxylation is 1. The Labute approximate surface area is 98.8 Å². The minimum Gasteiger partial charge on any atom is -0.481 e. The van der Waals surface area contributed by atoms with E-state index in [0.29, 0.717) is 23.3 Å². The van der Waals surface area contributed by atoms with E-state index in [1.165, 1.54) is 0 Å². The predicted octanol–water partition coefficient (Wildman–Crippen LogP) is 0.241. The van der Waals surface area contributed by atoms with Crippen LogP contribution in [0.15, 0.2) is 10.6 Å². The first-order valence-corrected chi connectivity index (χ1v) is 5.30. The molecule has 0 aromatic carbocycles. The van der Waals surface area contributed by atoms with Gasteiger partial charge in [-0.25, -0.2) is 4.68 Å². The van der Waals surface area contributed by atoms with Gasteiger partial charge in [0.2, 0.25) is 5.88 Å². The zero-order valence-electron chi connectivity index (χ0n) is 10.1. The van der Waals surface area contributed by atoms with E-state index in [4.69, 9.17) is 9.26 Å². The molecule has 2 aromatic heterocycles. The van der Waals surface area contributed by atoms with E-state index in [2.05, 4.69) is 20.6 Å². The van der Waals surface area contributed by atoms with Crippen LogP contribution in [0.4, 0.5) is 0 Å². The molecule has 0 bridgehead atoms. The smallest absolute Gasteiger partial charge is 0.278 e. The Kier molecular flexibility index (Phi) is 3.38. The topological polar surface area (TPSA) is 78.0 Å². The van der Waals surface area contributed by atoms with Crippen LogP contribution in [-0.2, 0) is 13.5 Å². The summed E-state index contributed by atoms with van der Waals surface area (Å²) in [4.78, 5) is 4.26. The summed E-state index contributed by atoms with van der Waals surface area (Å²) in [6.45, 7) is 0.810. The lowest BCUT2D eigenvalue weighted by Gasteiger charge is -1.95. The molecule has 2 heterocycles. The number of hydrogen-bond donors (Lipinski definition) is 1. The fraction of sp³-hybridized carbons (Fsp3) is 0.500. The number of likely N-dealkylation sites (N-methyl/N-ethyl adjacent to an activating group) is 1. The summed E-state index contributed by atoms with van der Waals surface area (Å²) in [6, 6.07) is 1.76. The lowest BCUT2D eigenvalue weighted by Crippen LogP contribution is -2.11. The minimum atomic E-state index is 0.412. The van der Waals surface area contributed by atoms with E-state index in [1.54, 1.807) is 24.9 Å². The summed E-state index contributed by atoms with van der Waals surface area (Å²) >= 11 is 0. The Morgan fingerprint density at radius 2 is 2.35 bits per heavy atom. The van der Waals surface area contributed by atoms with Gasteiger partial charge in [-0.1, -0.05) is 5.16 Å². The standard InChI is InChI=1S/C10H15N5O2/c1-11-5-4-8-12-10(17-14-8)7-6-9(16-3)15(2)13-7/h6,11H,4-5H2,1-3H3. The zero-order valence-corrected chi connectivity index (χ0v) is 10.1. The van der Waals surface area contributed by atoms with Crippen molar-refractivity contribution in [3.05, 3.63) is 11.9 Å². The number of nitrogens with one attached hydrogen (secondary N) is 1. The van der Waals surface area contributed by atoms with E-state index >= 15 is 0 Å². The molecule has 0 amide bonds. The van der Waals surface area contributed by atoms with E-state index in [1.807, 2.05) is 7.05 Å². The van der Waals surface area contributed by atoms with Crippen LogP contribution in [0.3, 0.4) is 0 Å². The summed E-state index contributed by atoms with van der Waals surface area (Å²) in [7, 11) is 5.26. The number of methoxy groups -OCH3 is 1. The molecule has 0 fully saturated rings. The van der Waals surface area contributed by atoms with Gasteiger partial charge in [-0.3, -0.25) is 0 Å². The summed E-state index contributed by atoms with van der Waals surface area (Å²) in [6.07, 6.45) is 0.726. The second kappa shape index (κ2) is 4.96. The van der Waals surface area contributed by atoms with Crippen LogP contribution in [0.1, 0.15) is 5.82 Å². The molecule has 0 aliphatic heterocycles. The molecule has 0 atom stereocenters. The number of nitrogens with zero attached hydrogens (tertiary/aromatic N) is 4. The Hall–Kier alpha value is -1.89. The summed E-state index contributed by atoms with van der Waals surface area (Å²) in [5, 5.41) is 11.1. The van der Waals surface area contributed by atoms with Gasteiger partial charge in [-0.2, -0.15) is 10.1 Å². The second-order valence-electron chi connectivity index (χ2n) is 3.56. The van der Waals surface area contributed by atoms with Crippen molar-refractivity contribution in [2.24, 2.45) is 7.05 Å². The van der Waals surface area contributed by atoms with E-state index in [-0.39, 0.29) is 0 Å². The maximum atomic E-state index is 5.14. The van der Waals surface area contributed by atoms with Crippen molar-refractivity contribution in [3.63, 3.8) is 0 Å². The molecule has 0 spiro atoms. The van der Waals surface area contributed by atoms with Crippen LogP contribution in [0.25, 0.3) is 11.6 Å².